The molecule has 1 unspecified atom stereocenters. The van der Waals surface area contributed by atoms with Crippen LogP contribution in [0.25, 0.3) is 12.2 Å². The van der Waals surface area contributed by atoms with Crippen molar-refractivity contribution in [3.05, 3.63) is 58.7 Å². The lowest BCUT2D eigenvalue weighted by atomic mass is 10.0. The smallest absolute Gasteiger partial charge is 0.416 e. The molecule has 0 aliphatic carbocycles. The maximum Gasteiger partial charge on any atom is 0.416 e. The molecular weight excluding hydrogens is 397 g/mol. The number of halogens is 3. The molecular formula is C23H25F3O4. The van der Waals surface area contributed by atoms with Gasteiger partial charge in [0.2, 0.25) is 0 Å². The van der Waals surface area contributed by atoms with Crippen LogP contribution in [-0.4, -0.2) is 24.3 Å². The van der Waals surface area contributed by atoms with Gasteiger partial charge in [-0.2, -0.15) is 13.2 Å². The van der Waals surface area contributed by atoms with Crippen molar-refractivity contribution in [3.8, 4) is 11.5 Å². The first kappa shape index (κ1) is 23.3. The fourth-order valence-corrected chi connectivity index (χ4v) is 2.98. The highest BCUT2D eigenvalue weighted by atomic mass is 19.4. The zero-order valence-corrected chi connectivity index (χ0v) is 17.1. The summed E-state index contributed by atoms with van der Waals surface area (Å²) in [5.74, 6) is -0.628. The van der Waals surface area contributed by atoms with E-state index in [1.54, 1.807) is 12.1 Å². The van der Waals surface area contributed by atoms with Crippen LogP contribution in [0, 0.1) is 0 Å². The third kappa shape index (κ3) is 6.02. The molecule has 7 heteroatoms. The Bertz CT molecular complexity index is 887. The van der Waals surface area contributed by atoms with E-state index < -0.39 is 17.7 Å². The lowest BCUT2D eigenvalue weighted by molar-refractivity contribution is -0.137. The molecule has 0 saturated heterocycles. The van der Waals surface area contributed by atoms with Crippen LogP contribution in [0.3, 0.4) is 0 Å². The number of methoxy groups -OCH3 is 1. The molecule has 1 N–H and O–H groups in total. The van der Waals surface area contributed by atoms with Gasteiger partial charge in [-0.3, -0.25) is 0 Å². The molecule has 4 nitrogen and oxygen atoms in total. The SMILES string of the molecule is CCCC(CC)Oc1cc(O)c(C(=O)OC)c(/C=C/c2ccc(C(F)(F)F)cc2)c1. The predicted octanol–water partition coefficient (Wildman–Crippen LogP) is 6.33. The van der Waals surface area contributed by atoms with Crippen molar-refractivity contribution < 1.29 is 32.5 Å². The fourth-order valence-electron chi connectivity index (χ4n) is 2.98. The maximum absolute atomic E-state index is 12.7. The van der Waals surface area contributed by atoms with E-state index in [0.717, 1.165) is 31.4 Å². The van der Waals surface area contributed by atoms with Gasteiger partial charge in [0.1, 0.15) is 17.1 Å². The summed E-state index contributed by atoms with van der Waals surface area (Å²) in [4.78, 5) is 12.1. The van der Waals surface area contributed by atoms with E-state index in [2.05, 4.69) is 0 Å². The summed E-state index contributed by atoms with van der Waals surface area (Å²) in [6.45, 7) is 4.04. The summed E-state index contributed by atoms with van der Waals surface area (Å²) in [6.07, 6.45) is 1.19. The highest BCUT2D eigenvalue weighted by Crippen LogP contribution is 2.32. The summed E-state index contributed by atoms with van der Waals surface area (Å²) in [5, 5.41) is 10.4. The van der Waals surface area contributed by atoms with Crippen LogP contribution in [0.15, 0.2) is 36.4 Å². The lowest BCUT2D eigenvalue weighted by Crippen LogP contribution is -2.15. The molecule has 30 heavy (non-hydrogen) atoms. The number of hydrogen-bond donors (Lipinski definition) is 1. The van der Waals surface area contributed by atoms with Gasteiger partial charge in [0, 0.05) is 6.07 Å². The van der Waals surface area contributed by atoms with E-state index >= 15 is 0 Å². The standard InChI is InChI=1S/C23H25F3O4/c1-4-6-18(5-2)30-19-13-16(21(20(27)14-19)22(28)29-3)10-7-15-8-11-17(12-9-15)23(24,25)26/h7-14,18,27H,4-6H2,1-3H3/b10-7+. The van der Waals surface area contributed by atoms with E-state index in [1.165, 1.54) is 31.4 Å². The molecule has 162 valence electrons. The molecule has 0 aliphatic heterocycles. The third-order valence-electron chi connectivity index (χ3n) is 4.57. The van der Waals surface area contributed by atoms with Gasteiger partial charge in [-0.05, 0) is 42.2 Å². The average molecular weight is 422 g/mol. The van der Waals surface area contributed by atoms with Crippen LogP contribution < -0.4 is 4.74 Å². The molecule has 2 aromatic carbocycles. The van der Waals surface area contributed by atoms with Gasteiger partial charge in [0.25, 0.3) is 0 Å². The number of esters is 1. The molecule has 2 rings (SSSR count). The van der Waals surface area contributed by atoms with E-state index in [0.29, 0.717) is 16.9 Å². The normalized spacial score (nSPS) is 12.7. The summed E-state index contributed by atoms with van der Waals surface area (Å²) < 4.78 is 48.8. The lowest BCUT2D eigenvalue weighted by Gasteiger charge is -2.18. The first-order valence-corrected chi connectivity index (χ1v) is 9.66. The van der Waals surface area contributed by atoms with Crippen LogP contribution in [0.2, 0.25) is 0 Å². The number of alkyl halides is 3. The van der Waals surface area contributed by atoms with E-state index in [1.807, 2.05) is 13.8 Å². The van der Waals surface area contributed by atoms with E-state index in [9.17, 15) is 23.1 Å². The van der Waals surface area contributed by atoms with Gasteiger partial charge in [-0.1, -0.05) is 44.6 Å². The Kier molecular flexibility index (Phi) is 7.92. The highest BCUT2D eigenvalue weighted by Gasteiger charge is 2.29. The topological polar surface area (TPSA) is 55.8 Å². The molecule has 2 aromatic rings. The molecule has 0 aliphatic rings. The Hall–Kier alpha value is -2.96. The van der Waals surface area contributed by atoms with Crippen LogP contribution in [-0.2, 0) is 10.9 Å². The number of phenols is 1. The van der Waals surface area contributed by atoms with Gasteiger partial charge >= 0.3 is 12.1 Å². The number of hydrogen-bond acceptors (Lipinski definition) is 4. The minimum Gasteiger partial charge on any atom is -0.507 e. The Morgan fingerprint density at radius 2 is 1.80 bits per heavy atom. The third-order valence-corrected chi connectivity index (χ3v) is 4.57. The average Bonchev–Trinajstić information content (AvgIpc) is 2.70. The van der Waals surface area contributed by atoms with E-state index in [-0.39, 0.29) is 17.4 Å². The minimum absolute atomic E-state index is 0.0369. The minimum atomic E-state index is -4.41. The second-order valence-corrected chi connectivity index (χ2v) is 6.79. The fraction of sp³-hybridized carbons (Fsp3) is 0.348. The van der Waals surface area contributed by atoms with Crippen LogP contribution in [0.1, 0.15) is 60.2 Å². The van der Waals surface area contributed by atoms with Crippen LogP contribution in [0.5, 0.6) is 11.5 Å². The quantitative estimate of drug-likeness (QED) is 0.399. The van der Waals surface area contributed by atoms with Crippen molar-refractivity contribution in [1.82, 2.24) is 0 Å². The molecule has 0 spiro atoms. The largest absolute Gasteiger partial charge is 0.507 e. The number of benzene rings is 2. The molecule has 0 bridgehead atoms. The van der Waals surface area contributed by atoms with Crippen molar-refractivity contribution in [2.75, 3.05) is 7.11 Å². The maximum atomic E-state index is 12.7. The number of carbonyl (C=O) groups excluding carboxylic acids is 1. The summed E-state index contributed by atoms with van der Waals surface area (Å²) >= 11 is 0. The van der Waals surface area contributed by atoms with Gasteiger partial charge < -0.3 is 14.6 Å². The zero-order valence-electron chi connectivity index (χ0n) is 17.1. The van der Waals surface area contributed by atoms with Gasteiger partial charge in [-0.15, -0.1) is 0 Å². The monoisotopic (exact) mass is 422 g/mol. The predicted molar refractivity (Wildman–Crippen MR) is 109 cm³/mol. The Morgan fingerprint density at radius 1 is 1.13 bits per heavy atom. The van der Waals surface area contributed by atoms with Gasteiger partial charge in [0.15, 0.2) is 0 Å². The number of ether oxygens (including phenoxy) is 2. The molecule has 1 atom stereocenters. The van der Waals surface area contributed by atoms with Gasteiger partial charge in [-0.25, -0.2) is 4.79 Å². The molecule has 0 aromatic heterocycles. The number of phenolic OH excluding ortho intramolecular Hbond substituents is 1. The molecule has 0 heterocycles. The van der Waals surface area contributed by atoms with Crippen molar-refractivity contribution in [2.24, 2.45) is 0 Å². The Labute approximate surface area is 173 Å². The van der Waals surface area contributed by atoms with Crippen LogP contribution >= 0.6 is 0 Å². The molecule has 0 saturated carbocycles. The van der Waals surface area contributed by atoms with Gasteiger partial charge in [0.05, 0.1) is 18.8 Å². The highest BCUT2D eigenvalue weighted by molar-refractivity contribution is 5.98. The first-order valence-electron chi connectivity index (χ1n) is 9.66. The van der Waals surface area contributed by atoms with Crippen molar-refractivity contribution >= 4 is 18.1 Å². The number of carbonyl (C=O) groups is 1. The number of aromatic hydroxyl groups is 1. The Morgan fingerprint density at radius 3 is 2.33 bits per heavy atom. The zero-order chi connectivity index (χ0) is 22.3. The summed E-state index contributed by atoms with van der Waals surface area (Å²) in [5.41, 5.74) is 0.0474. The second kappa shape index (κ2) is 10.2. The van der Waals surface area contributed by atoms with E-state index in [4.69, 9.17) is 9.47 Å². The summed E-state index contributed by atoms with van der Waals surface area (Å²) in [7, 11) is 1.20. The Balaban J connectivity index is 2.39. The van der Waals surface area contributed by atoms with Crippen molar-refractivity contribution in [1.29, 1.82) is 0 Å². The first-order chi connectivity index (χ1) is 14.2. The van der Waals surface area contributed by atoms with Crippen molar-refractivity contribution in [2.45, 2.75) is 45.4 Å². The molecule has 0 radical (unpaired) electrons. The molecule has 0 fully saturated rings. The second-order valence-electron chi connectivity index (χ2n) is 6.79. The number of rotatable bonds is 8. The summed E-state index contributed by atoms with van der Waals surface area (Å²) in [6, 6.07) is 7.57. The molecule has 0 amide bonds. The van der Waals surface area contributed by atoms with Crippen LogP contribution in [0.4, 0.5) is 13.2 Å². The van der Waals surface area contributed by atoms with Crippen molar-refractivity contribution in [3.63, 3.8) is 0 Å².